The number of carbonyl (C=O) groups is 1. The minimum Gasteiger partial charge on any atom is -0.399 e. The Morgan fingerprint density at radius 1 is 1.05 bits per heavy atom. The smallest absolute Gasteiger partial charge is 0.271 e. The van der Waals surface area contributed by atoms with Crippen molar-refractivity contribution in [2.24, 2.45) is 5.10 Å². The van der Waals surface area contributed by atoms with Crippen LogP contribution in [0.1, 0.15) is 42.3 Å². The number of carbonyl (C=O) groups excluding carboxylic acids is 1. The summed E-state index contributed by atoms with van der Waals surface area (Å²) in [5.74, 6) is -0.262. The number of nitrogens with one attached hydrogen (secondary N) is 1. The van der Waals surface area contributed by atoms with E-state index in [9.17, 15) is 4.79 Å². The minimum atomic E-state index is -0.262. The van der Waals surface area contributed by atoms with Gasteiger partial charge in [0.25, 0.3) is 5.91 Å². The van der Waals surface area contributed by atoms with E-state index >= 15 is 0 Å². The predicted octanol–water partition coefficient (Wildman–Crippen LogP) is 3.33. The number of nitrogen functional groups attached to an aromatic ring is 1. The molecule has 2 aromatic carbocycles. The van der Waals surface area contributed by atoms with Crippen LogP contribution in [0.5, 0.6) is 0 Å². The van der Waals surface area contributed by atoms with Gasteiger partial charge in [-0.05, 0) is 40.8 Å². The van der Waals surface area contributed by atoms with E-state index in [0.29, 0.717) is 11.3 Å². The predicted molar refractivity (Wildman–Crippen MR) is 91.1 cm³/mol. The van der Waals surface area contributed by atoms with Crippen molar-refractivity contribution in [2.45, 2.75) is 26.2 Å². The molecule has 0 spiro atoms. The third kappa shape index (κ3) is 4.19. The van der Waals surface area contributed by atoms with Gasteiger partial charge in [0, 0.05) is 11.3 Å². The lowest BCUT2D eigenvalue weighted by Crippen LogP contribution is -2.17. The molecule has 0 unspecified atom stereocenters. The molecular formula is C18H21N3O. The molecule has 0 aliphatic rings. The summed E-state index contributed by atoms with van der Waals surface area (Å²) in [6, 6.07) is 14.8. The lowest BCUT2D eigenvalue weighted by atomic mass is 9.87. The van der Waals surface area contributed by atoms with Gasteiger partial charge in [0.05, 0.1) is 6.21 Å². The van der Waals surface area contributed by atoms with E-state index in [2.05, 4.69) is 43.4 Å². The summed E-state index contributed by atoms with van der Waals surface area (Å²) in [7, 11) is 0. The number of rotatable bonds is 3. The van der Waals surface area contributed by atoms with Crippen LogP contribution >= 0.6 is 0 Å². The first kappa shape index (κ1) is 15.8. The van der Waals surface area contributed by atoms with Crippen LogP contribution < -0.4 is 11.2 Å². The van der Waals surface area contributed by atoms with Gasteiger partial charge in [0.1, 0.15) is 0 Å². The highest BCUT2D eigenvalue weighted by molar-refractivity contribution is 5.95. The Bertz CT molecular complexity index is 665. The fourth-order valence-electron chi connectivity index (χ4n) is 1.93. The van der Waals surface area contributed by atoms with Crippen LogP contribution in [-0.2, 0) is 5.41 Å². The van der Waals surface area contributed by atoms with Gasteiger partial charge in [-0.15, -0.1) is 0 Å². The Morgan fingerprint density at radius 3 is 2.18 bits per heavy atom. The summed E-state index contributed by atoms with van der Waals surface area (Å²) in [5, 5.41) is 3.98. The highest BCUT2D eigenvalue weighted by Gasteiger charge is 2.12. The largest absolute Gasteiger partial charge is 0.399 e. The molecule has 0 saturated heterocycles. The summed E-state index contributed by atoms with van der Waals surface area (Å²) in [4.78, 5) is 11.9. The van der Waals surface area contributed by atoms with Crippen LogP contribution in [0.4, 0.5) is 5.69 Å². The molecule has 0 atom stereocenters. The van der Waals surface area contributed by atoms with E-state index in [-0.39, 0.29) is 11.3 Å². The van der Waals surface area contributed by atoms with Gasteiger partial charge in [0.2, 0.25) is 0 Å². The summed E-state index contributed by atoms with van der Waals surface area (Å²) >= 11 is 0. The number of benzene rings is 2. The fourth-order valence-corrected chi connectivity index (χ4v) is 1.93. The first-order valence-electron chi connectivity index (χ1n) is 7.16. The first-order chi connectivity index (χ1) is 10.4. The number of hydrazone groups is 1. The SMILES string of the molecule is CC(C)(C)c1ccc(/C=N/NC(=O)c2ccc(N)cc2)cc1. The van der Waals surface area contributed by atoms with E-state index in [1.165, 1.54) is 5.56 Å². The number of nitrogens with zero attached hydrogens (tertiary/aromatic N) is 1. The van der Waals surface area contributed by atoms with Crippen LogP contribution in [0.2, 0.25) is 0 Å². The third-order valence-corrected chi connectivity index (χ3v) is 3.33. The van der Waals surface area contributed by atoms with Crippen LogP contribution in [0.3, 0.4) is 0 Å². The van der Waals surface area contributed by atoms with E-state index in [4.69, 9.17) is 5.73 Å². The second-order valence-corrected chi connectivity index (χ2v) is 6.19. The van der Waals surface area contributed by atoms with Crippen molar-refractivity contribution in [3.63, 3.8) is 0 Å². The summed E-state index contributed by atoms with van der Waals surface area (Å²) in [6.07, 6.45) is 1.63. The highest BCUT2D eigenvalue weighted by Crippen LogP contribution is 2.21. The molecular weight excluding hydrogens is 274 g/mol. The van der Waals surface area contributed by atoms with E-state index in [1.54, 1.807) is 30.5 Å². The number of amides is 1. The third-order valence-electron chi connectivity index (χ3n) is 3.33. The molecule has 0 radical (unpaired) electrons. The molecule has 3 N–H and O–H groups in total. The number of nitrogens with two attached hydrogens (primary N) is 1. The van der Waals surface area contributed by atoms with Gasteiger partial charge in [-0.2, -0.15) is 5.10 Å². The average molecular weight is 295 g/mol. The normalized spacial score (nSPS) is 11.6. The topological polar surface area (TPSA) is 67.5 Å². The second-order valence-electron chi connectivity index (χ2n) is 6.19. The zero-order valence-electron chi connectivity index (χ0n) is 13.1. The Kier molecular flexibility index (Phi) is 4.61. The molecule has 22 heavy (non-hydrogen) atoms. The van der Waals surface area contributed by atoms with Gasteiger partial charge in [-0.3, -0.25) is 4.79 Å². The molecule has 0 fully saturated rings. The van der Waals surface area contributed by atoms with Crippen molar-refractivity contribution < 1.29 is 4.79 Å². The van der Waals surface area contributed by atoms with Gasteiger partial charge in [-0.25, -0.2) is 5.43 Å². The maximum absolute atomic E-state index is 11.9. The monoisotopic (exact) mass is 295 g/mol. The van der Waals surface area contributed by atoms with Crippen molar-refractivity contribution in [1.29, 1.82) is 0 Å². The van der Waals surface area contributed by atoms with Gasteiger partial charge in [0.15, 0.2) is 0 Å². The standard InChI is InChI=1S/C18H21N3O/c1-18(2,3)15-8-4-13(5-9-15)12-20-21-17(22)14-6-10-16(19)11-7-14/h4-12H,19H2,1-3H3,(H,21,22)/b20-12+. The Hall–Kier alpha value is -2.62. The molecule has 0 aliphatic heterocycles. The highest BCUT2D eigenvalue weighted by atomic mass is 16.2. The number of anilines is 1. The molecule has 0 saturated carbocycles. The first-order valence-corrected chi connectivity index (χ1v) is 7.16. The molecule has 1 amide bonds. The summed E-state index contributed by atoms with van der Waals surface area (Å²) in [6.45, 7) is 6.51. The van der Waals surface area contributed by atoms with Crippen LogP contribution in [0.25, 0.3) is 0 Å². The van der Waals surface area contributed by atoms with Crippen molar-refractivity contribution in [3.8, 4) is 0 Å². The minimum absolute atomic E-state index is 0.124. The van der Waals surface area contributed by atoms with Crippen LogP contribution in [-0.4, -0.2) is 12.1 Å². The van der Waals surface area contributed by atoms with Gasteiger partial charge in [-0.1, -0.05) is 45.0 Å². The molecule has 0 aromatic heterocycles. The van der Waals surface area contributed by atoms with Crippen molar-refractivity contribution in [2.75, 3.05) is 5.73 Å². The molecule has 2 aromatic rings. The molecule has 114 valence electrons. The van der Waals surface area contributed by atoms with Gasteiger partial charge >= 0.3 is 0 Å². The maximum Gasteiger partial charge on any atom is 0.271 e. The second kappa shape index (κ2) is 6.43. The Balaban J connectivity index is 1.97. The maximum atomic E-state index is 11.9. The fraction of sp³-hybridized carbons (Fsp3) is 0.222. The molecule has 0 aliphatic carbocycles. The Labute approximate surface area is 131 Å². The molecule has 0 heterocycles. The van der Waals surface area contributed by atoms with E-state index < -0.39 is 0 Å². The van der Waals surface area contributed by atoms with Crippen molar-refractivity contribution in [3.05, 3.63) is 65.2 Å². The zero-order valence-corrected chi connectivity index (χ0v) is 13.1. The van der Waals surface area contributed by atoms with Gasteiger partial charge < -0.3 is 5.73 Å². The van der Waals surface area contributed by atoms with Crippen LogP contribution in [0, 0.1) is 0 Å². The lowest BCUT2D eigenvalue weighted by molar-refractivity contribution is 0.0955. The van der Waals surface area contributed by atoms with E-state index in [0.717, 1.165) is 5.56 Å². The van der Waals surface area contributed by atoms with Crippen LogP contribution in [0.15, 0.2) is 53.6 Å². The van der Waals surface area contributed by atoms with Crippen molar-refractivity contribution >= 4 is 17.8 Å². The summed E-state index contributed by atoms with van der Waals surface area (Å²) < 4.78 is 0. The number of hydrogen-bond acceptors (Lipinski definition) is 3. The summed E-state index contributed by atoms with van der Waals surface area (Å²) in [5.41, 5.74) is 11.6. The molecule has 2 rings (SSSR count). The zero-order chi connectivity index (χ0) is 16.2. The average Bonchev–Trinajstić information content (AvgIpc) is 2.47. The lowest BCUT2D eigenvalue weighted by Gasteiger charge is -2.18. The molecule has 4 nitrogen and oxygen atoms in total. The number of hydrogen-bond donors (Lipinski definition) is 2. The van der Waals surface area contributed by atoms with E-state index in [1.807, 2.05) is 12.1 Å². The Morgan fingerprint density at radius 2 is 1.64 bits per heavy atom. The molecule has 4 heteroatoms. The molecule has 0 bridgehead atoms. The van der Waals surface area contributed by atoms with Crippen molar-refractivity contribution in [1.82, 2.24) is 5.43 Å². The quantitative estimate of drug-likeness (QED) is 0.518.